The number of unbranched alkanes of at least 4 members (excludes halogenated alkanes) is 3. The Bertz CT molecular complexity index is 939. The number of ketones is 2. The number of benzene rings is 1. The molecule has 0 saturated heterocycles. The quantitative estimate of drug-likeness (QED) is 0.522. The number of carbonyl (C=O) groups excluding carboxylic acids is 2. The van der Waals surface area contributed by atoms with Gasteiger partial charge in [0.2, 0.25) is 11.6 Å². The van der Waals surface area contributed by atoms with E-state index in [0.717, 1.165) is 51.1 Å². The molecule has 0 unspecified atom stereocenters. The van der Waals surface area contributed by atoms with Gasteiger partial charge in [-0.3, -0.25) is 19.5 Å². The van der Waals surface area contributed by atoms with Crippen molar-refractivity contribution in [1.82, 2.24) is 15.2 Å². The van der Waals surface area contributed by atoms with Gasteiger partial charge in [-0.25, -0.2) is 0 Å². The van der Waals surface area contributed by atoms with E-state index < -0.39 is 0 Å². The third-order valence-electron chi connectivity index (χ3n) is 5.56. The third kappa shape index (κ3) is 6.01. The molecular formula is C25H31N3O3. The highest BCUT2D eigenvalue weighted by molar-refractivity contribution is 6.23. The average molecular weight is 422 g/mol. The Kier molecular flexibility index (Phi) is 8.35. The Labute approximate surface area is 184 Å². The summed E-state index contributed by atoms with van der Waals surface area (Å²) in [6.45, 7) is 5.80. The van der Waals surface area contributed by atoms with Crippen LogP contribution in [0.15, 0.2) is 54.4 Å². The number of Topliss-reactive ketones (excluding diaryl/α,β-unsaturated/α-hetero) is 1. The lowest BCUT2D eigenvalue weighted by atomic mass is 9.97. The molecule has 1 aliphatic rings. The van der Waals surface area contributed by atoms with Crippen molar-refractivity contribution in [3.8, 4) is 5.75 Å². The van der Waals surface area contributed by atoms with E-state index in [1.165, 1.54) is 17.8 Å². The van der Waals surface area contributed by atoms with Crippen molar-refractivity contribution in [2.75, 3.05) is 26.7 Å². The lowest BCUT2D eigenvalue weighted by Crippen LogP contribution is -2.28. The van der Waals surface area contributed by atoms with Crippen molar-refractivity contribution < 1.29 is 14.3 Å². The number of rotatable bonds is 12. The fourth-order valence-electron chi connectivity index (χ4n) is 3.79. The summed E-state index contributed by atoms with van der Waals surface area (Å²) in [6, 6.07) is 11.5. The van der Waals surface area contributed by atoms with E-state index in [1.54, 1.807) is 19.2 Å². The van der Waals surface area contributed by atoms with Crippen molar-refractivity contribution in [3.63, 3.8) is 0 Å². The molecule has 0 aliphatic heterocycles. The van der Waals surface area contributed by atoms with Crippen LogP contribution in [0.25, 0.3) is 0 Å². The molecule has 1 N–H and O–H groups in total. The predicted molar refractivity (Wildman–Crippen MR) is 121 cm³/mol. The van der Waals surface area contributed by atoms with Gasteiger partial charge in [0, 0.05) is 30.9 Å². The van der Waals surface area contributed by atoms with Crippen molar-refractivity contribution in [3.05, 3.63) is 71.2 Å². The molecule has 3 rings (SSSR count). The molecule has 1 heterocycles. The first kappa shape index (κ1) is 22.7. The van der Waals surface area contributed by atoms with E-state index in [1.807, 2.05) is 18.2 Å². The van der Waals surface area contributed by atoms with Crippen LogP contribution in [0.2, 0.25) is 0 Å². The normalized spacial score (nSPS) is 13.2. The maximum absolute atomic E-state index is 12.5. The number of nitrogens with zero attached hydrogens (tertiary/aromatic N) is 2. The molecule has 6 nitrogen and oxygen atoms in total. The molecule has 2 aromatic rings. The summed E-state index contributed by atoms with van der Waals surface area (Å²) in [4.78, 5) is 31.1. The lowest BCUT2D eigenvalue weighted by molar-refractivity contribution is 0.0975. The summed E-state index contributed by atoms with van der Waals surface area (Å²) in [6.07, 6.45) is 7.19. The predicted octanol–water partition coefficient (Wildman–Crippen LogP) is 4.03. The number of ether oxygens (including phenoxy) is 1. The molecule has 1 aromatic carbocycles. The van der Waals surface area contributed by atoms with Gasteiger partial charge >= 0.3 is 0 Å². The maximum Gasteiger partial charge on any atom is 0.211 e. The van der Waals surface area contributed by atoms with Gasteiger partial charge < -0.3 is 10.1 Å². The largest absolute Gasteiger partial charge is 0.496 e. The molecule has 0 spiro atoms. The topological polar surface area (TPSA) is 71.5 Å². The first-order valence-corrected chi connectivity index (χ1v) is 11.0. The number of methoxy groups -OCH3 is 1. The summed E-state index contributed by atoms with van der Waals surface area (Å²) >= 11 is 0. The highest BCUT2D eigenvalue weighted by Crippen LogP contribution is 2.20. The zero-order valence-electron chi connectivity index (χ0n) is 18.4. The zero-order valence-corrected chi connectivity index (χ0v) is 18.4. The molecule has 0 saturated carbocycles. The summed E-state index contributed by atoms with van der Waals surface area (Å²) in [7, 11) is 1.71. The zero-order chi connectivity index (χ0) is 22.1. The van der Waals surface area contributed by atoms with Crippen LogP contribution in [-0.2, 0) is 6.54 Å². The smallest absolute Gasteiger partial charge is 0.211 e. The summed E-state index contributed by atoms with van der Waals surface area (Å²) in [5.41, 5.74) is 2.21. The maximum atomic E-state index is 12.5. The van der Waals surface area contributed by atoms with Gasteiger partial charge in [-0.15, -0.1) is 0 Å². The van der Waals surface area contributed by atoms with E-state index >= 15 is 0 Å². The Hall–Kier alpha value is -2.99. The SMILES string of the molecule is CCN(CCCCCCNC1=CC(=O)c2ncccc2C1=O)Cc1ccccc1OC. The molecule has 31 heavy (non-hydrogen) atoms. The summed E-state index contributed by atoms with van der Waals surface area (Å²) in [5.74, 6) is 0.570. The van der Waals surface area contributed by atoms with Crippen LogP contribution in [-0.4, -0.2) is 48.2 Å². The first-order valence-electron chi connectivity index (χ1n) is 11.0. The number of nitrogens with one attached hydrogen (secondary N) is 1. The van der Waals surface area contributed by atoms with Gasteiger partial charge in [0.15, 0.2) is 0 Å². The second kappa shape index (κ2) is 11.4. The molecular weight excluding hydrogens is 390 g/mol. The summed E-state index contributed by atoms with van der Waals surface area (Å²) < 4.78 is 5.46. The number of hydrogen-bond acceptors (Lipinski definition) is 6. The Balaban J connectivity index is 1.35. The van der Waals surface area contributed by atoms with Crippen LogP contribution in [0, 0.1) is 0 Å². The highest BCUT2D eigenvalue weighted by atomic mass is 16.5. The average Bonchev–Trinajstić information content (AvgIpc) is 2.81. The van der Waals surface area contributed by atoms with Crippen LogP contribution in [0.4, 0.5) is 0 Å². The molecule has 164 valence electrons. The minimum absolute atomic E-state index is 0.155. The molecule has 0 radical (unpaired) electrons. The minimum Gasteiger partial charge on any atom is -0.496 e. The van der Waals surface area contributed by atoms with E-state index in [-0.39, 0.29) is 17.3 Å². The molecule has 6 heteroatoms. The van der Waals surface area contributed by atoms with Crippen molar-refractivity contribution >= 4 is 11.6 Å². The monoisotopic (exact) mass is 421 g/mol. The van der Waals surface area contributed by atoms with Crippen LogP contribution in [0.3, 0.4) is 0 Å². The van der Waals surface area contributed by atoms with E-state index in [0.29, 0.717) is 17.8 Å². The third-order valence-corrected chi connectivity index (χ3v) is 5.56. The van der Waals surface area contributed by atoms with Crippen LogP contribution >= 0.6 is 0 Å². The van der Waals surface area contributed by atoms with E-state index in [2.05, 4.69) is 28.2 Å². The standard InChI is InChI=1S/C25H31N3O3/c1-3-28(18-19-11-6-7-13-23(19)31-2)16-9-5-4-8-14-26-21-17-22(29)24-20(25(21)30)12-10-15-27-24/h6-7,10-13,15,17,26H,3-5,8-9,14,16,18H2,1-2H3. The molecule has 0 fully saturated rings. The van der Waals surface area contributed by atoms with Gasteiger partial charge in [0.05, 0.1) is 18.4 Å². The second-order valence-electron chi connectivity index (χ2n) is 7.67. The highest BCUT2D eigenvalue weighted by Gasteiger charge is 2.25. The number of pyridine rings is 1. The molecule has 0 amide bonds. The first-order chi connectivity index (χ1) is 15.1. The van der Waals surface area contributed by atoms with Gasteiger partial charge in [-0.05, 0) is 44.1 Å². The van der Waals surface area contributed by atoms with Crippen molar-refractivity contribution in [1.29, 1.82) is 0 Å². The molecule has 0 atom stereocenters. The van der Waals surface area contributed by atoms with Crippen molar-refractivity contribution in [2.24, 2.45) is 0 Å². The number of carbonyl (C=O) groups is 2. The van der Waals surface area contributed by atoms with Gasteiger partial charge in [-0.2, -0.15) is 0 Å². The Morgan fingerprint density at radius 3 is 2.65 bits per heavy atom. The number of fused-ring (bicyclic) bond motifs is 1. The fourth-order valence-corrected chi connectivity index (χ4v) is 3.79. The van der Waals surface area contributed by atoms with E-state index in [4.69, 9.17) is 4.74 Å². The van der Waals surface area contributed by atoms with E-state index in [9.17, 15) is 9.59 Å². The van der Waals surface area contributed by atoms with Gasteiger partial charge in [-0.1, -0.05) is 38.0 Å². The summed E-state index contributed by atoms with van der Waals surface area (Å²) in [5, 5.41) is 3.14. The van der Waals surface area contributed by atoms with Crippen molar-refractivity contribution in [2.45, 2.75) is 39.2 Å². The van der Waals surface area contributed by atoms with Crippen LogP contribution in [0.5, 0.6) is 5.75 Å². The number of aromatic nitrogens is 1. The number of allylic oxidation sites excluding steroid dienone is 2. The molecule has 0 bridgehead atoms. The second-order valence-corrected chi connectivity index (χ2v) is 7.67. The Morgan fingerprint density at radius 2 is 1.84 bits per heavy atom. The number of para-hydroxylation sites is 1. The number of hydrogen-bond donors (Lipinski definition) is 1. The van der Waals surface area contributed by atoms with Crippen LogP contribution < -0.4 is 10.1 Å². The van der Waals surface area contributed by atoms with Gasteiger partial charge in [0.1, 0.15) is 11.4 Å². The van der Waals surface area contributed by atoms with Crippen LogP contribution in [0.1, 0.15) is 59.0 Å². The molecule has 1 aliphatic carbocycles. The fraction of sp³-hybridized carbons (Fsp3) is 0.400. The molecule has 1 aromatic heterocycles. The Morgan fingerprint density at radius 1 is 1.03 bits per heavy atom. The van der Waals surface area contributed by atoms with Gasteiger partial charge in [0.25, 0.3) is 0 Å². The minimum atomic E-state index is -0.215. The lowest BCUT2D eigenvalue weighted by Gasteiger charge is -2.21.